The minimum Gasteiger partial charge on any atom is -0.233 e. The maximum atomic E-state index is 14.3. The summed E-state index contributed by atoms with van der Waals surface area (Å²) >= 11 is 0. The van der Waals surface area contributed by atoms with Gasteiger partial charge in [0.2, 0.25) is 0 Å². The van der Waals surface area contributed by atoms with Crippen LogP contribution in [0.25, 0.3) is 43.6 Å². The van der Waals surface area contributed by atoms with E-state index in [4.69, 9.17) is 0 Å². The first-order valence-electron chi connectivity index (χ1n) is 15.8. The number of hydrogen-bond acceptors (Lipinski definition) is 4. The highest BCUT2D eigenvalue weighted by atomic mass is 32.2. The van der Waals surface area contributed by atoms with Crippen LogP contribution in [0.4, 0.5) is 0 Å². The summed E-state index contributed by atoms with van der Waals surface area (Å²) in [5, 5.41) is 3.43. The smallest absolute Gasteiger partial charge is 0.233 e. The Labute approximate surface area is 279 Å². The summed E-state index contributed by atoms with van der Waals surface area (Å²) in [7, 11) is -7.90. The molecular formula is C40H32N2O4S2. The molecule has 0 aliphatic heterocycles. The molecule has 8 aromatic rings. The van der Waals surface area contributed by atoms with Gasteiger partial charge in [0.05, 0.1) is 31.9 Å². The zero-order chi connectivity index (χ0) is 33.2. The number of hydrogen-bond donors (Lipinski definition) is 0. The molecule has 0 unspecified atom stereocenters. The molecule has 0 amide bonds. The maximum absolute atomic E-state index is 14.3. The Kier molecular flexibility index (Phi) is 7.05. The molecule has 0 N–H and O–H groups in total. The molecule has 238 valence electrons. The van der Waals surface area contributed by atoms with Crippen LogP contribution >= 0.6 is 0 Å². The molecule has 0 bridgehead atoms. The maximum Gasteiger partial charge on any atom is 0.268 e. The van der Waals surface area contributed by atoms with Crippen LogP contribution in [0.5, 0.6) is 0 Å². The van der Waals surface area contributed by atoms with Crippen molar-refractivity contribution in [1.29, 1.82) is 0 Å². The first kappa shape index (κ1) is 30.2. The highest BCUT2D eigenvalue weighted by molar-refractivity contribution is 7.90. The van der Waals surface area contributed by atoms with Gasteiger partial charge >= 0.3 is 0 Å². The van der Waals surface area contributed by atoms with E-state index < -0.39 is 20.0 Å². The SMILES string of the molecule is Cc1ccc(S(=O)(=O)n2c3ccccc3c3cccc(CCc4cccc5c6ccccc6n(S(=O)(=O)c6ccc(C)cc6)c45)c32)cc1. The second kappa shape index (κ2) is 11.2. The van der Waals surface area contributed by atoms with Crippen LogP contribution in [-0.2, 0) is 32.9 Å². The molecule has 8 heteroatoms. The Morgan fingerprint density at radius 2 is 0.771 bits per heavy atom. The van der Waals surface area contributed by atoms with Crippen LogP contribution in [0.3, 0.4) is 0 Å². The molecular weight excluding hydrogens is 637 g/mol. The van der Waals surface area contributed by atoms with Gasteiger partial charge in [0.15, 0.2) is 0 Å². The summed E-state index contributed by atoms with van der Waals surface area (Å²) < 4.78 is 60.3. The van der Waals surface area contributed by atoms with Crippen molar-refractivity contribution < 1.29 is 16.8 Å². The predicted octanol–water partition coefficient (Wildman–Crippen LogP) is 8.78. The highest BCUT2D eigenvalue weighted by Gasteiger charge is 2.27. The van der Waals surface area contributed by atoms with Gasteiger partial charge in [0.25, 0.3) is 20.0 Å². The lowest BCUT2D eigenvalue weighted by molar-refractivity contribution is 0.588. The molecule has 8 rings (SSSR count). The normalized spacial score (nSPS) is 12.5. The molecule has 0 fully saturated rings. The van der Waals surface area contributed by atoms with Crippen molar-refractivity contribution in [2.75, 3.05) is 0 Å². The third-order valence-electron chi connectivity index (χ3n) is 9.25. The van der Waals surface area contributed by atoms with E-state index in [1.165, 1.54) is 7.94 Å². The fourth-order valence-electron chi connectivity index (χ4n) is 6.90. The van der Waals surface area contributed by atoms with Crippen LogP contribution in [0.15, 0.2) is 143 Å². The predicted molar refractivity (Wildman–Crippen MR) is 194 cm³/mol. The summed E-state index contributed by atoms with van der Waals surface area (Å²) in [6.07, 6.45) is 0.977. The van der Waals surface area contributed by atoms with Crippen molar-refractivity contribution in [2.45, 2.75) is 36.5 Å². The lowest BCUT2D eigenvalue weighted by Crippen LogP contribution is -2.14. The Morgan fingerprint density at radius 3 is 1.17 bits per heavy atom. The Hall–Kier alpha value is -5.18. The molecule has 48 heavy (non-hydrogen) atoms. The molecule has 0 aliphatic carbocycles. The van der Waals surface area contributed by atoms with Gasteiger partial charge in [-0.1, -0.05) is 108 Å². The summed E-state index contributed by atoms with van der Waals surface area (Å²) in [4.78, 5) is 0.447. The summed E-state index contributed by atoms with van der Waals surface area (Å²) in [6, 6.07) is 40.8. The molecule has 6 nitrogen and oxygen atoms in total. The Morgan fingerprint density at radius 1 is 0.417 bits per heavy atom. The summed E-state index contributed by atoms with van der Waals surface area (Å²) in [5.41, 5.74) is 6.19. The third-order valence-corrected chi connectivity index (χ3v) is 12.7. The molecule has 0 radical (unpaired) electrons. The van der Waals surface area contributed by atoms with E-state index in [0.717, 1.165) is 43.8 Å². The second-order valence-corrected chi connectivity index (χ2v) is 15.9. The van der Waals surface area contributed by atoms with E-state index in [1.54, 1.807) is 24.3 Å². The third kappa shape index (κ3) is 4.66. The van der Waals surface area contributed by atoms with Crippen LogP contribution in [-0.4, -0.2) is 24.8 Å². The zero-order valence-electron chi connectivity index (χ0n) is 26.5. The van der Waals surface area contributed by atoms with Crippen molar-refractivity contribution in [3.05, 3.63) is 156 Å². The molecule has 0 atom stereocenters. The lowest BCUT2D eigenvalue weighted by atomic mass is 10.00. The Balaban J connectivity index is 1.32. The number of para-hydroxylation sites is 4. The van der Waals surface area contributed by atoms with E-state index in [-0.39, 0.29) is 9.79 Å². The van der Waals surface area contributed by atoms with Crippen LogP contribution in [0, 0.1) is 13.8 Å². The van der Waals surface area contributed by atoms with Crippen molar-refractivity contribution in [3.8, 4) is 0 Å². The van der Waals surface area contributed by atoms with Gasteiger partial charge in [-0.15, -0.1) is 0 Å². The van der Waals surface area contributed by atoms with Crippen molar-refractivity contribution in [2.24, 2.45) is 0 Å². The molecule has 0 spiro atoms. The van der Waals surface area contributed by atoms with E-state index in [1.807, 2.05) is 123 Å². The first-order chi connectivity index (χ1) is 23.2. The van der Waals surface area contributed by atoms with Crippen LogP contribution in [0.1, 0.15) is 22.3 Å². The minimum absolute atomic E-state index is 0.223. The number of nitrogens with zero attached hydrogens (tertiary/aromatic N) is 2. The molecule has 2 aromatic heterocycles. The fraction of sp³-hybridized carbons (Fsp3) is 0.100. The number of benzene rings is 6. The largest absolute Gasteiger partial charge is 0.268 e. The molecule has 2 heterocycles. The van der Waals surface area contributed by atoms with Crippen molar-refractivity contribution in [1.82, 2.24) is 7.94 Å². The second-order valence-electron chi connectivity index (χ2n) is 12.3. The molecule has 0 aliphatic rings. The fourth-order valence-corrected chi connectivity index (χ4v) is 10.0. The topological polar surface area (TPSA) is 78.1 Å². The quantitative estimate of drug-likeness (QED) is 0.170. The van der Waals surface area contributed by atoms with Crippen molar-refractivity contribution in [3.63, 3.8) is 0 Å². The van der Waals surface area contributed by atoms with E-state index in [9.17, 15) is 16.8 Å². The minimum atomic E-state index is -3.95. The van der Waals surface area contributed by atoms with E-state index >= 15 is 0 Å². The van der Waals surface area contributed by atoms with Crippen molar-refractivity contribution >= 4 is 63.7 Å². The van der Waals surface area contributed by atoms with E-state index in [0.29, 0.717) is 34.9 Å². The van der Waals surface area contributed by atoms with Gasteiger partial charge in [0.1, 0.15) is 0 Å². The van der Waals surface area contributed by atoms with Gasteiger partial charge in [-0.05, 0) is 74.2 Å². The number of rotatable bonds is 7. The first-order valence-corrected chi connectivity index (χ1v) is 18.7. The Bertz CT molecular complexity index is 2560. The summed E-state index contributed by atoms with van der Waals surface area (Å²) in [6.45, 7) is 3.86. The van der Waals surface area contributed by atoms with Gasteiger partial charge < -0.3 is 0 Å². The average Bonchev–Trinajstić information content (AvgIpc) is 3.63. The summed E-state index contributed by atoms with van der Waals surface area (Å²) in [5.74, 6) is 0. The molecule has 0 saturated heterocycles. The lowest BCUT2D eigenvalue weighted by Gasteiger charge is -2.14. The monoisotopic (exact) mass is 668 g/mol. The number of aryl methyl sites for hydroxylation is 4. The van der Waals surface area contributed by atoms with Gasteiger partial charge in [-0.3, -0.25) is 0 Å². The van der Waals surface area contributed by atoms with Gasteiger partial charge in [0, 0.05) is 21.5 Å². The van der Waals surface area contributed by atoms with Gasteiger partial charge in [-0.25, -0.2) is 24.8 Å². The van der Waals surface area contributed by atoms with E-state index in [2.05, 4.69) is 0 Å². The number of aromatic nitrogens is 2. The standard InChI is InChI=1S/C40H32N2O4S2/c1-27-17-23-31(24-18-27)47(43,44)41-37-15-5-3-11-33(37)35-13-7-9-29(39(35)41)21-22-30-10-8-14-36-34-12-4-6-16-38(34)42(40(30)36)48(45,46)32-25-19-28(2)20-26-32/h3-20,23-26H,21-22H2,1-2H3. The van der Waals surface area contributed by atoms with Crippen LogP contribution in [0.2, 0.25) is 0 Å². The number of fused-ring (bicyclic) bond motifs is 6. The van der Waals surface area contributed by atoms with Crippen LogP contribution < -0.4 is 0 Å². The molecule has 0 saturated carbocycles. The molecule has 6 aromatic carbocycles. The highest BCUT2D eigenvalue weighted by Crippen LogP contribution is 2.37. The van der Waals surface area contributed by atoms with Gasteiger partial charge in [-0.2, -0.15) is 0 Å². The zero-order valence-corrected chi connectivity index (χ0v) is 28.1. The average molecular weight is 669 g/mol.